The summed E-state index contributed by atoms with van der Waals surface area (Å²) in [5, 5.41) is 10.6. The molecule has 5 atom stereocenters. The van der Waals surface area contributed by atoms with E-state index in [0.717, 1.165) is 102 Å². The van der Waals surface area contributed by atoms with Crippen LogP contribution in [0.15, 0.2) is 0 Å². The lowest BCUT2D eigenvalue weighted by atomic mass is 10.0. The summed E-state index contributed by atoms with van der Waals surface area (Å²) in [6.07, 6.45) is 53.5. The number of hydrogen-bond acceptors (Lipinski definition) is 15. The molecule has 19 heteroatoms. The van der Waals surface area contributed by atoms with Gasteiger partial charge in [-0.3, -0.25) is 37.3 Å². The molecule has 0 saturated carbocycles. The number of carbonyl (C=O) groups is 4. The van der Waals surface area contributed by atoms with Gasteiger partial charge < -0.3 is 33.8 Å². The van der Waals surface area contributed by atoms with E-state index in [-0.39, 0.29) is 25.7 Å². The molecule has 17 nitrogen and oxygen atoms in total. The van der Waals surface area contributed by atoms with Crippen LogP contribution in [0.2, 0.25) is 0 Å². The second-order valence-electron chi connectivity index (χ2n) is 27.6. The van der Waals surface area contributed by atoms with Crippen molar-refractivity contribution in [2.24, 2.45) is 11.8 Å². The highest BCUT2D eigenvalue weighted by Crippen LogP contribution is 2.45. The fourth-order valence-corrected chi connectivity index (χ4v) is 12.9. The van der Waals surface area contributed by atoms with E-state index in [4.69, 9.17) is 37.0 Å². The molecule has 0 rings (SSSR count). The molecule has 0 bridgehead atoms. The minimum Gasteiger partial charge on any atom is -0.462 e. The highest BCUT2D eigenvalue weighted by molar-refractivity contribution is 7.47. The van der Waals surface area contributed by atoms with Crippen LogP contribution in [-0.4, -0.2) is 96.7 Å². The van der Waals surface area contributed by atoms with E-state index in [0.29, 0.717) is 31.6 Å². The Kier molecular flexibility index (Phi) is 64.6. The number of ether oxygens (including phenoxy) is 4. The van der Waals surface area contributed by atoms with Gasteiger partial charge in [-0.05, 0) is 37.5 Å². The van der Waals surface area contributed by atoms with Crippen LogP contribution in [0, 0.1) is 11.8 Å². The van der Waals surface area contributed by atoms with E-state index in [1.807, 2.05) is 0 Å². The average Bonchev–Trinajstić information content (AvgIpc) is 3.25. The van der Waals surface area contributed by atoms with Gasteiger partial charge in [-0.2, -0.15) is 0 Å². The third kappa shape index (κ3) is 68.4. The molecule has 0 aromatic rings. The molecule has 0 radical (unpaired) electrons. The quantitative estimate of drug-likeness (QED) is 0.0222. The Balaban J connectivity index is 5.11. The topological polar surface area (TPSA) is 237 Å². The van der Waals surface area contributed by atoms with Crippen LogP contribution in [0.3, 0.4) is 0 Å². The van der Waals surface area contributed by atoms with Gasteiger partial charge in [-0.1, -0.05) is 330 Å². The van der Waals surface area contributed by atoms with Crippen molar-refractivity contribution in [2.45, 2.75) is 400 Å². The molecular formula is C74H144O17P2. The first-order chi connectivity index (χ1) is 44.9. The van der Waals surface area contributed by atoms with E-state index >= 15 is 0 Å². The highest BCUT2D eigenvalue weighted by atomic mass is 31.2. The van der Waals surface area contributed by atoms with Crippen molar-refractivity contribution in [3.63, 3.8) is 0 Å². The smallest absolute Gasteiger partial charge is 0.462 e. The predicted molar refractivity (Wildman–Crippen MR) is 377 cm³/mol. The largest absolute Gasteiger partial charge is 0.472 e. The van der Waals surface area contributed by atoms with Gasteiger partial charge in [0.2, 0.25) is 0 Å². The monoisotopic (exact) mass is 1370 g/mol. The number of rotatable bonds is 73. The minimum atomic E-state index is -4.95. The first-order valence-electron chi connectivity index (χ1n) is 38.5. The summed E-state index contributed by atoms with van der Waals surface area (Å²) in [6.45, 7) is 9.44. The Bertz CT molecular complexity index is 1800. The number of carbonyl (C=O) groups excluding carboxylic acids is 4. The van der Waals surface area contributed by atoms with Crippen molar-refractivity contribution in [1.29, 1.82) is 0 Å². The number of aliphatic hydroxyl groups is 1. The zero-order chi connectivity index (χ0) is 68.6. The van der Waals surface area contributed by atoms with Crippen molar-refractivity contribution in [1.82, 2.24) is 0 Å². The maximum atomic E-state index is 13.1. The van der Waals surface area contributed by atoms with Crippen molar-refractivity contribution in [3.05, 3.63) is 0 Å². The first kappa shape index (κ1) is 91.1. The van der Waals surface area contributed by atoms with E-state index in [2.05, 4.69) is 41.5 Å². The summed E-state index contributed by atoms with van der Waals surface area (Å²) >= 11 is 0. The molecule has 0 aliphatic carbocycles. The number of esters is 4. The number of hydrogen-bond donors (Lipinski definition) is 3. The average molecular weight is 1370 g/mol. The Hall–Kier alpha value is -1.94. The lowest BCUT2D eigenvalue weighted by Crippen LogP contribution is -2.30. The van der Waals surface area contributed by atoms with Gasteiger partial charge in [-0.15, -0.1) is 0 Å². The van der Waals surface area contributed by atoms with Gasteiger partial charge in [0.15, 0.2) is 12.2 Å². The second-order valence-corrected chi connectivity index (χ2v) is 30.5. The van der Waals surface area contributed by atoms with Crippen LogP contribution in [0.5, 0.6) is 0 Å². The first-order valence-corrected chi connectivity index (χ1v) is 41.5. The molecule has 0 aliphatic rings. The molecule has 0 fully saturated rings. The molecule has 0 saturated heterocycles. The fourth-order valence-electron chi connectivity index (χ4n) is 11.3. The third-order valence-electron chi connectivity index (χ3n) is 17.2. The Morgan fingerprint density at radius 2 is 0.495 bits per heavy atom. The summed E-state index contributed by atoms with van der Waals surface area (Å²) in [4.78, 5) is 72.4. The third-order valence-corrected chi connectivity index (χ3v) is 19.1. The Morgan fingerprint density at radius 3 is 0.731 bits per heavy atom. The lowest BCUT2D eigenvalue weighted by Gasteiger charge is -2.21. The molecule has 0 amide bonds. The molecule has 0 heterocycles. The van der Waals surface area contributed by atoms with Gasteiger partial charge in [0, 0.05) is 25.7 Å². The number of unbranched alkanes of at least 4 members (excludes halogenated alkanes) is 43. The van der Waals surface area contributed by atoms with Gasteiger partial charge >= 0.3 is 39.5 Å². The molecule has 0 aliphatic heterocycles. The Morgan fingerprint density at radius 1 is 0.290 bits per heavy atom. The SMILES string of the molecule is CCCCCCCCCCCCCCCCCCCCCCCC(=O)O[C@H](COC(=O)CCCCCCCCCCCCCCCCC(C)C)COP(=O)(O)OC[C@@H](O)COP(=O)(O)OC[C@@H](COC(=O)CCCCCCC)OC(=O)CCCCCCCCCC(C)C. The van der Waals surface area contributed by atoms with Crippen molar-refractivity contribution in [2.75, 3.05) is 39.6 Å². The molecule has 0 spiro atoms. The van der Waals surface area contributed by atoms with Gasteiger partial charge in [0.1, 0.15) is 19.3 Å². The van der Waals surface area contributed by atoms with Crippen molar-refractivity contribution >= 4 is 39.5 Å². The zero-order valence-electron chi connectivity index (χ0n) is 60.6. The van der Waals surface area contributed by atoms with E-state index < -0.39 is 97.5 Å². The molecule has 552 valence electrons. The highest BCUT2D eigenvalue weighted by Gasteiger charge is 2.30. The van der Waals surface area contributed by atoms with Gasteiger partial charge in [0.05, 0.1) is 26.4 Å². The van der Waals surface area contributed by atoms with Crippen LogP contribution in [0.4, 0.5) is 0 Å². The molecular weight excluding hydrogens is 1220 g/mol. The van der Waals surface area contributed by atoms with Crippen LogP contribution in [0.1, 0.15) is 382 Å². The van der Waals surface area contributed by atoms with Gasteiger partial charge in [-0.25, -0.2) is 9.13 Å². The molecule has 3 N–H and O–H groups in total. The Labute approximate surface area is 568 Å². The summed E-state index contributed by atoms with van der Waals surface area (Å²) < 4.78 is 68.2. The second kappa shape index (κ2) is 66.0. The molecule has 93 heavy (non-hydrogen) atoms. The van der Waals surface area contributed by atoms with Crippen LogP contribution >= 0.6 is 15.6 Å². The van der Waals surface area contributed by atoms with Crippen LogP contribution < -0.4 is 0 Å². The van der Waals surface area contributed by atoms with E-state index in [1.54, 1.807) is 0 Å². The normalized spacial score (nSPS) is 14.1. The van der Waals surface area contributed by atoms with Crippen LogP contribution in [0.25, 0.3) is 0 Å². The van der Waals surface area contributed by atoms with E-state index in [1.165, 1.54) is 193 Å². The number of phosphoric ester groups is 2. The lowest BCUT2D eigenvalue weighted by molar-refractivity contribution is -0.161. The minimum absolute atomic E-state index is 0.103. The molecule has 0 aromatic heterocycles. The van der Waals surface area contributed by atoms with E-state index in [9.17, 15) is 43.2 Å². The van der Waals surface area contributed by atoms with Crippen molar-refractivity contribution in [3.8, 4) is 0 Å². The fraction of sp³-hybridized carbons (Fsp3) is 0.946. The summed E-state index contributed by atoms with van der Waals surface area (Å²) in [7, 11) is -9.89. The maximum absolute atomic E-state index is 13.1. The van der Waals surface area contributed by atoms with Crippen LogP contribution in [-0.2, 0) is 65.4 Å². The number of phosphoric acid groups is 2. The van der Waals surface area contributed by atoms with Gasteiger partial charge in [0.25, 0.3) is 0 Å². The maximum Gasteiger partial charge on any atom is 0.472 e. The molecule has 0 aromatic carbocycles. The summed E-state index contributed by atoms with van der Waals surface area (Å²) in [5.74, 6) is -0.638. The number of aliphatic hydroxyl groups excluding tert-OH is 1. The predicted octanol–water partition coefficient (Wildman–Crippen LogP) is 21.6. The summed E-state index contributed by atoms with van der Waals surface area (Å²) in [6, 6.07) is 0. The molecule has 2 unspecified atom stereocenters. The van der Waals surface area contributed by atoms with Crippen molar-refractivity contribution < 1.29 is 80.2 Å². The summed E-state index contributed by atoms with van der Waals surface area (Å²) in [5.41, 5.74) is 0. The zero-order valence-corrected chi connectivity index (χ0v) is 62.3. The standard InChI is InChI=1S/C74H144O17P2/c1-7-9-11-13-14-15-16-17-18-19-20-21-22-23-24-29-32-35-40-46-52-58-73(78)91-70(63-85-72(77)57-51-45-39-34-31-28-26-25-27-30-33-37-43-48-54-66(3)4)65-89-93(82,83)87-61-68(75)60-86-92(80,81)88-64-69(62-84-71(76)56-50-42-12-10-8-2)90-74(79)59-53-47-41-36-38-44-49-55-67(5)6/h66-70,75H,7-65H2,1-6H3,(H,80,81)(H,82,83)/t68-,69+,70+/m0/s1.